The molecular weight excluding hydrogens is 294 g/mol. The van der Waals surface area contributed by atoms with E-state index in [-0.39, 0.29) is 0 Å². The van der Waals surface area contributed by atoms with Crippen LogP contribution in [0, 0.1) is 11.8 Å². The maximum Gasteiger partial charge on any atom is 0.115 e. The van der Waals surface area contributed by atoms with Crippen molar-refractivity contribution in [3.8, 4) is 5.75 Å². The topological polar surface area (TPSA) is 23.5 Å². The van der Waals surface area contributed by atoms with E-state index in [0.29, 0.717) is 17.2 Å². The molecule has 1 aromatic carbocycles. The van der Waals surface area contributed by atoms with Crippen LogP contribution in [0.25, 0.3) is 0 Å². The lowest BCUT2D eigenvalue weighted by Gasteiger charge is -2.61. The highest BCUT2D eigenvalue weighted by Crippen LogP contribution is 2.58. The Morgan fingerprint density at radius 3 is 2.88 bits per heavy atom. The largest absolute Gasteiger partial charge is 0.508 e. The monoisotopic (exact) mass is 323 g/mol. The second-order valence-electron chi connectivity index (χ2n) is 8.79. The van der Waals surface area contributed by atoms with E-state index in [9.17, 15) is 5.11 Å². The minimum atomic E-state index is 0.323. The summed E-state index contributed by atoms with van der Waals surface area (Å²) >= 11 is 0. The first-order valence-corrected chi connectivity index (χ1v) is 9.95. The summed E-state index contributed by atoms with van der Waals surface area (Å²) in [5, 5.41) is 10.1. The Hall–Kier alpha value is -1.44. The number of rotatable bonds is 1. The van der Waals surface area contributed by atoms with Gasteiger partial charge in [0, 0.05) is 18.0 Å². The number of allylic oxidation sites excluding steroid dienone is 1. The van der Waals surface area contributed by atoms with Gasteiger partial charge in [-0.3, -0.25) is 0 Å². The van der Waals surface area contributed by atoms with Crippen LogP contribution in [0.1, 0.15) is 63.0 Å². The van der Waals surface area contributed by atoms with Gasteiger partial charge in [0.25, 0.3) is 0 Å². The summed E-state index contributed by atoms with van der Waals surface area (Å²) in [6, 6.07) is 6.87. The van der Waals surface area contributed by atoms with Crippen LogP contribution in [0.3, 0.4) is 0 Å². The average Bonchev–Trinajstić information content (AvgIpc) is 2.53. The summed E-state index contributed by atoms with van der Waals surface area (Å²) in [6.45, 7) is 3.69. The second kappa shape index (κ2) is 5.28. The fourth-order valence-electron chi connectivity index (χ4n) is 6.40. The van der Waals surface area contributed by atoms with E-state index >= 15 is 0 Å². The molecule has 0 aromatic heterocycles. The minimum Gasteiger partial charge on any atom is -0.508 e. The highest BCUT2D eigenvalue weighted by molar-refractivity contribution is 5.45. The van der Waals surface area contributed by atoms with Crippen molar-refractivity contribution in [2.45, 2.75) is 69.7 Å². The maximum atomic E-state index is 10.1. The van der Waals surface area contributed by atoms with Gasteiger partial charge in [-0.25, -0.2) is 0 Å². The van der Waals surface area contributed by atoms with Crippen molar-refractivity contribution in [3.63, 3.8) is 0 Å². The summed E-state index contributed by atoms with van der Waals surface area (Å²) in [4.78, 5) is 2.72. The molecule has 2 nitrogen and oxygen atoms in total. The van der Waals surface area contributed by atoms with Gasteiger partial charge >= 0.3 is 0 Å². The molecule has 0 spiro atoms. The molecule has 4 atom stereocenters. The predicted molar refractivity (Wildman–Crippen MR) is 97.0 cm³/mol. The van der Waals surface area contributed by atoms with E-state index in [1.54, 1.807) is 5.57 Å². The maximum absolute atomic E-state index is 10.1. The van der Waals surface area contributed by atoms with Gasteiger partial charge in [-0.2, -0.15) is 0 Å². The number of aromatic hydroxyl groups is 1. The number of hydrogen-bond donors (Lipinski definition) is 1. The number of likely N-dealkylation sites (tertiary alicyclic amines) is 1. The standard InChI is InChI=1S/C22H29NO/c1-15-4-3-9-22-10-11-23(14-16-5-2-6-16)20(21(15)22)12-17-7-8-18(24)13-19(17)22/h7-8,13-15,20-21,24H,2-6,9-12H2,1H3/t15?,20?,21-,22?/m0/s1. The van der Waals surface area contributed by atoms with Crippen molar-refractivity contribution in [2.24, 2.45) is 11.8 Å². The van der Waals surface area contributed by atoms with Crippen molar-refractivity contribution in [3.05, 3.63) is 41.1 Å². The normalized spacial score (nSPS) is 37.3. The molecule has 5 rings (SSSR count). The van der Waals surface area contributed by atoms with Crippen LogP contribution in [0.5, 0.6) is 5.75 Å². The van der Waals surface area contributed by atoms with Gasteiger partial charge in [-0.1, -0.05) is 31.4 Å². The summed E-state index contributed by atoms with van der Waals surface area (Å²) in [7, 11) is 0. The lowest BCUT2D eigenvalue weighted by Crippen LogP contribution is -2.61. The summed E-state index contributed by atoms with van der Waals surface area (Å²) < 4.78 is 0. The van der Waals surface area contributed by atoms with Crippen molar-refractivity contribution < 1.29 is 5.11 Å². The van der Waals surface area contributed by atoms with Crippen LogP contribution < -0.4 is 0 Å². The fourth-order valence-corrected chi connectivity index (χ4v) is 6.40. The molecule has 1 aliphatic heterocycles. The molecule has 1 saturated heterocycles. The highest BCUT2D eigenvalue weighted by Gasteiger charge is 2.55. The van der Waals surface area contributed by atoms with Crippen LogP contribution in [0.2, 0.25) is 0 Å². The molecule has 128 valence electrons. The Balaban J connectivity index is 1.62. The Morgan fingerprint density at radius 1 is 1.21 bits per heavy atom. The molecule has 2 bridgehead atoms. The zero-order valence-corrected chi connectivity index (χ0v) is 14.8. The van der Waals surface area contributed by atoms with Crippen LogP contribution in [-0.4, -0.2) is 22.6 Å². The Morgan fingerprint density at radius 2 is 2.08 bits per heavy atom. The average molecular weight is 323 g/mol. The molecule has 24 heavy (non-hydrogen) atoms. The van der Waals surface area contributed by atoms with Gasteiger partial charge in [0.1, 0.15) is 5.75 Å². The summed E-state index contributed by atoms with van der Waals surface area (Å²) in [5.74, 6) is 2.01. The molecule has 4 aliphatic rings. The van der Waals surface area contributed by atoms with Gasteiger partial charge < -0.3 is 10.0 Å². The highest BCUT2D eigenvalue weighted by atomic mass is 16.3. The first-order valence-electron chi connectivity index (χ1n) is 9.95. The molecule has 1 heterocycles. The van der Waals surface area contributed by atoms with Crippen molar-refractivity contribution >= 4 is 0 Å². The molecule has 0 amide bonds. The van der Waals surface area contributed by atoms with Crippen LogP contribution in [0.15, 0.2) is 30.0 Å². The van der Waals surface area contributed by atoms with E-state index in [1.807, 2.05) is 6.07 Å². The van der Waals surface area contributed by atoms with E-state index in [0.717, 1.165) is 18.3 Å². The third-order valence-electron chi connectivity index (χ3n) is 7.59. The predicted octanol–water partition coefficient (Wildman–Crippen LogP) is 4.76. The van der Waals surface area contributed by atoms with Crippen LogP contribution >= 0.6 is 0 Å². The number of fused-ring (bicyclic) bond motifs is 1. The van der Waals surface area contributed by atoms with Gasteiger partial charge in [0.15, 0.2) is 0 Å². The molecule has 3 aliphatic carbocycles. The van der Waals surface area contributed by atoms with E-state index in [1.165, 1.54) is 62.6 Å². The fraction of sp³-hybridized carbons (Fsp3) is 0.636. The lowest BCUT2D eigenvalue weighted by molar-refractivity contribution is -0.0188. The van der Waals surface area contributed by atoms with Gasteiger partial charge in [-0.15, -0.1) is 0 Å². The molecule has 0 radical (unpaired) electrons. The molecule has 1 N–H and O–H groups in total. The van der Waals surface area contributed by atoms with Gasteiger partial charge in [0.2, 0.25) is 0 Å². The SMILES string of the molecule is CC1CCCC23CCN(C=C4CCC4)C(Cc4ccc(O)cc42)[C@H]13. The number of phenolic OH excluding ortho intramolecular Hbond substituents is 1. The minimum absolute atomic E-state index is 0.323. The zero-order chi connectivity index (χ0) is 16.3. The third-order valence-corrected chi connectivity index (χ3v) is 7.59. The number of hydrogen-bond acceptors (Lipinski definition) is 2. The molecule has 2 saturated carbocycles. The smallest absolute Gasteiger partial charge is 0.115 e. The van der Waals surface area contributed by atoms with Crippen LogP contribution in [-0.2, 0) is 11.8 Å². The summed E-state index contributed by atoms with van der Waals surface area (Å²) in [5.41, 5.74) is 4.98. The van der Waals surface area contributed by atoms with Crippen molar-refractivity contribution in [2.75, 3.05) is 6.54 Å². The number of benzene rings is 1. The quantitative estimate of drug-likeness (QED) is 0.805. The summed E-state index contributed by atoms with van der Waals surface area (Å²) in [6.07, 6.45) is 13.0. The number of piperidine rings is 1. The van der Waals surface area contributed by atoms with Gasteiger partial charge in [-0.05, 0) is 79.8 Å². The lowest BCUT2D eigenvalue weighted by atomic mass is 9.50. The first-order chi connectivity index (χ1) is 11.7. The van der Waals surface area contributed by atoms with Gasteiger partial charge in [0.05, 0.1) is 0 Å². The molecule has 1 aromatic rings. The molecule has 2 heteroatoms. The first kappa shape index (κ1) is 14.9. The molecular formula is C22H29NO. The van der Waals surface area contributed by atoms with Crippen LogP contribution in [0.4, 0.5) is 0 Å². The number of nitrogens with zero attached hydrogens (tertiary/aromatic N) is 1. The van der Waals surface area contributed by atoms with E-state index in [4.69, 9.17) is 0 Å². The molecule has 3 fully saturated rings. The van der Waals surface area contributed by atoms with Crippen molar-refractivity contribution in [1.82, 2.24) is 4.90 Å². The van der Waals surface area contributed by atoms with E-state index in [2.05, 4.69) is 30.2 Å². The zero-order valence-electron chi connectivity index (χ0n) is 14.8. The molecule has 3 unspecified atom stereocenters. The van der Waals surface area contributed by atoms with Crippen molar-refractivity contribution in [1.29, 1.82) is 0 Å². The Bertz CT molecular complexity index is 687. The number of phenols is 1. The third kappa shape index (κ3) is 2.01. The van der Waals surface area contributed by atoms with E-state index < -0.39 is 0 Å². The Kier molecular flexibility index (Phi) is 3.27. The Labute approximate surface area is 145 Å². The second-order valence-corrected chi connectivity index (χ2v) is 8.79.